The van der Waals surface area contributed by atoms with Crippen LogP contribution in [0.25, 0.3) is 0 Å². The first kappa shape index (κ1) is 13.3. The van der Waals surface area contributed by atoms with E-state index < -0.39 is 0 Å². The highest BCUT2D eigenvalue weighted by Crippen LogP contribution is 2.19. The van der Waals surface area contributed by atoms with Crippen LogP contribution < -0.4 is 11.1 Å². The minimum absolute atomic E-state index is 0.0229. The van der Waals surface area contributed by atoms with Crippen molar-refractivity contribution >= 4 is 22.4 Å². The topological polar surface area (TPSA) is 80.5 Å². The van der Waals surface area contributed by atoms with Crippen molar-refractivity contribution in [2.45, 2.75) is 19.5 Å². The van der Waals surface area contributed by atoms with Crippen LogP contribution >= 0.6 is 11.3 Å². The fourth-order valence-corrected chi connectivity index (χ4v) is 2.67. The molecule has 0 bridgehead atoms. The Morgan fingerprint density at radius 1 is 1.78 bits per heavy atom. The minimum Gasteiger partial charge on any atom is -0.378 e. The van der Waals surface area contributed by atoms with E-state index >= 15 is 0 Å². The summed E-state index contributed by atoms with van der Waals surface area (Å²) in [5.74, 6) is 0.0229. The Bertz CT molecular complexity index is 410. The van der Waals surface area contributed by atoms with Gasteiger partial charge in [0.15, 0.2) is 5.13 Å². The normalized spacial score (nSPS) is 20.8. The van der Waals surface area contributed by atoms with Crippen molar-refractivity contribution in [3.05, 3.63) is 11.1 Å². The Kier molecular flexibility index (Phi) is 4.51. The molecule has 1 unspecified atom stereocenters. The van der Waals surface area contributed by atoms with Crippen LogP contribution in [0.3, 0.4) is 0 Å². The standard InChI is InChI=1S/C11H18N4O2S/c1-2-13-10(16)9-7-17-4-3-15(9)6-8-5-14-11(12)18-8/h5,9H,2-4,6-7H2,1H3,(H2,12,14)(H,13,16). The monoisotopic (exact) mass is 270 g/mol. The summed E-state index contributed by atoms with van der Waals surface area (Å²) in [6, 6.07) is -0.220. The Balaban J connectivity index is 2.01. The highest BCUT2D eigenvalue weighted by atomic mass is 32.1. The lowest BCUT2D eigenvalue weighted by molar-refractivity contribution is -0.132. The van der Waals surface area contributed by atoms with Gasteiger partial charge < -0.3 is 15.8 Å². The summed E-state index contributed by atoms with van der Waals surface area (Å²) in [5.41, 5.74) is 5.61. The molecular formula is C11H18N4O2S. The number of aromatic nitrogens is 1. The van der Waals surface area contributed by atoms with Crippen molar-refractivity contribution in [1.29, 1.82) is 0 Å². The molecule has 0 aliphatic carbocycles. The predicted octanol–water partition coefficient (Wildman–Crippen LogP) is 0.0622. The van der Waals surface area contributed by atoms with Crippen molar-refractivity contribution in [3.63, 3.8) is 0 Å². The Hall–Kier alpha value is -1.18. The van der Waals surface area contributed by atoms with Gasteiger partial charge in [0.2, 0.25) is 5.91 Å². The molecule has 2 rings (SSSR count). The highest BCUT2D eigenvalue weighted by molar-refractivity contribution is 7.15. The molecule has 18 heavy (non-hydrogen) atoms. The van der Waals surface area contributed by atoms with Crippen molar-refractivity contribution < 1.29 is 9.53 Å². The molecule has 100 valence electrons. The molecule has 1 aliphatic heterocycles. The number of nitrogens with zero attached hydrogens (tertiary/aromatic N) is 2. The van der Waals surface area contributed by atoms with Gasteiger partial charge in [0.05, 0.1) is 13.2 Å². The summed E-state index contributed by atoms with van der Waals surface area (Å²) in [4.78, 5) is 19.1. The summed E-state index contributed by atoms with van der Waals surface area (Å²) in [7, 11) is 0. The molecule has 0 saturated carbocycles. The molecule has 1 aromatic rings. The van der Waals surface area contributed by atoms with Crippen LogP contribution in [-0.2, 0) is 16.1 Å². The quantitative estimate of drug-likeness (QED) is 0.809. The van der Waals surface area contributed by atoms with E-state index in [0.717, 1.165) is 11.4 Å². The van der Waals surface area contributed by atoms with E-state index in [1.54, 1.807) is 6.20 Å². The molecule has 0 aromatic carbocycles. The van der Waals surface area contributed by atoms with E-state index in [2.05, 4.69) is 15.2 Å². The lowest BCUT2D eigenvalue weighted by Gasteiger charge is -2.33. The molecule has 6 nitrogen and oxygen atoms in total. The molecule has 3 N–H and O–H groups in total. The molecule has 1 fully saturated rings. The predicted molar refractivity (Wildman–Crippen MR) is 70.2 cm³/mol. The number of morpholine rings is 1. The Morgan fingerprint density at radius 2 is 2.61 bits per heavy atom. The lowest BCUT2D eigenvalue weighted by atomic mass is 10.2. The van der Waals surface area contributed by atoms with Gasteiger partial charge in [-0.15, -0.1) is 11.3 Å². The van der Waals surface area contributed by atoms with Crippen molar-refractivity contribution in [3.8, 4) is 0 Å². The number of ether oxygens (including phenoxy) is 1. The van der Waals surface area contributed by atoms with Gasteiger partial charge in [0, 0.05) is 30.7 Å². The molecule has 1 saturated heterocycles. The van der Waals surface area contributed by atoms with Crippen LogP contribution in [0, 0.1) is 0 Å². The van der Waals surface area contributed by atoms with Gasteiger partial charge in [0.1, 0.15) is 6.04 Å². The number of hydrogen-bond donors (Lipinski definition) is 2. The number of rotatable bonds is 4. The number of likely N-dealkylation sites (N-methyl/N-ethyl adjacent to an activating group) is 1. The Labute approximate surface area is 110 Å². The second-order valence-corrected chi connectivity index (χ2v) is 5.27. The van der Waals surface area contributed by atoms with Crippen LogP contribution in [0.2, 0.25) is 0 Å². The number of nitrogens with two attached hydrogens (primary N) is 1. The minimum atomic E-state index is -0.220. The molecule has 1 aliphatic rings. The first-order valence-corrected chi connectivity index (χ1v) is 6.82. The van der Waals surface area contributed by atoms with Crippen molar-refractivity contribution in [2.75, 3.05) is 32.0 Å². The van der Waals surface area contributed by atoms with Crippen LogP contribution in [0.1, 0.15) is 11.8 Å². The molecule has 0 spiro atoms. The maximum absolute atomic E-state index is 11.9. The van der Waals surface area contributed by atoms with E-state index in [0.29, 0.717) is 31.4 Å². The van der Waals surface area contributed by atoms with Gasteiger partial charge in [-0.25, -0.2) is 4.98 Å². The van der Waals surface area contributed by atoms with Crippen LogP contribution in [0.5, 0.6) is 0 Å². The number of hydrogen-bond acceptors (Lipinski definition) is 6. The zero-order valence-electron chi connectivity index (χ0n) is 10.4. The number of carbonyl (C=O) groups is 1. The maximum Gasteiger partial charge on any atom is 0.239 e. The first-order chi connectivity index (χ1) is 8.70. The Morgan fingerprint density at radius 3 is 3.28 bits per heavy atom. The zero-order valence-corrected chi connectivity index (χ0v) is 11.2. The summed E-state index contributed by atoms with van der Waals surface area (Å²) < 4.78 is 5.38. The number of nitrogens with one attached hydrogen (secondary N) is 1. The fraction of sp³-hybridized carbons (Fsp3) is 0.636. The molecule has 0 radical (unpaired) electrons. The molecule has 1 aromatic heterocycles. The van der Waals surface area contributed by atoms with Crippen LogP contribution in [0.4, 0.5) is 5.13 Å². The van der Waals surface area contributed by atoms with Gasteiger partial charge in [-0.1, -0.05) is 0 Å². The number of amides is 1. The molecule has 7 heteroatoms. The lowest BCUT2D eigenvalue weighted by Crippen LogP contribution is -2.53. The first-order valence-electron chi connectivity index (χ1n) is 6.00. The maximum atomic E-state index is 11.9. The summed E-state index contributed by atoms with van der Waals surface area (Å²) in [5, 5.41) is 3.40. The molecule has 1 atom stereocenters. The van der Waals surface area contributed by atoms with E-state index in [4.69, 9.17) is 10.5 Å². The zero-order chi connectivity index (χ0) is 13.0. The van der Waals surface area contributed by atoms with E-state index in [1.807, 2.05) is 6.92 Å². The third kappa shape index (κ3) is 3.18. The summed E-state index contributed by atoms with van der Waals surface area (Å²) >= 11 is 1.46. The number of thiazole rings is 1. The van der Waals surface area contributed by atoms with E-state index in [-0.39, 0.29) is 11.9 Å². The van der Waals surface area contributed by atoms with Gasteiger partial charge in [-0.3, -0.25) is 9.69 Å². The van der Waals surface area contributed by atoms with Crippen LogP contribution in [0.15, 0.2) is 6.20 Å². The van der Waals surface area contributed by atoms with Gasteiger partial charge >= 0.3 is 0 Å². The fourth-order valence-electron chi connectivity index (χ4n) is 1.96. The molecular weight excluding hydrogens is 252 g/mol. The number of nitrogen functional groups attached to an aromatic ring is 1. The van der Waals surface area contributed by atoms with Crippen molar-refractivity contribution in [1.82, 2.24) is 15.2 Å². The highest BCUT2D eigenvalue weighted by Gasteiger charge is 2.29. The van der Waals surface area contributed by atoms with Crippen molar-refractivity contribution in [2.24, 2.45) is 0 Å². The second-order valence-electron chi connectivity index (χ2n) is 4.12. The van der Waals surface area contributed by atoms with E-state index in [9.17, 15) is 4.79 Å². The summed E-state index contributed by atoms with van der Waals surface area (Å²) in [6.07, 6.45) is 1.77. The smallest absolute Gasteiger partial charge is 0.239 e. The van der Waals surface area contributed by atoms with Gasteiger partial charge in [-0.05, 0) is 6.92 Å². The van der Waals surface area contributed by atoms with Crippen LogP contribution in [-0.4, -0.2) is 48.1 Å². The number of anilines is 1. The average Bonchev–Trinajstić information content (AvgIpc) is 2.76. The number of carbonyl (C=O) groups excluding carboxylic acids is 1. The third-order valence-electron chi connectivity index (χ3n) is 2.82. The summed E-state index contributed by atoms with van der Waals surface area (Å²) in [6.45, 7) is 5.09. The molecule has 2 heterocycles. The van der Waals surface area contributed by atoms with Gasteiger partial charge in [0.25, 0.3) is 0 Å². The molecule has 1 amide bonds. The second kappa shape index (κ2) is 6.12. The van der Waals surface area contributed by atoms with Gasteiger partial charge in [-0.2, -0.15) is 0 Å². The largest absolute Gasteiger partial charge is 0.378 e. The van der Waals surface area contributed by atoms with E-state index in [1.165, 1.54) is 11.3 Å². The SMILES string of the molecule is CCNC(=O)C1COCCN1Cc1cnc(N)s1. The average molecular weight is 270 g/mol. The third-order valence-corrected chi connectivity index (χ3v) is 3.63.